The van der Waals surface area contributed by atoms with E-state index in [-0.39, 0.29) is 29.7 Å². The maximum Gasteiger partial charge on any atom is 0.258 e. The van der Waals surface area contributed by atoms with E-state index in [2.05, 4.69) is 15.3 Å². The van der Waals surface area contributed by atoms with Gasteiger partial charge in [-0.15, -0.1) is 11.8 Å². The molecule has 0 aliphatic heterocycles. The summed E-state index contributed by atoms with van der Waals surface area (Å²) in [6.45, 7) is 2.13. The molecule has 4 rings (SSSR count). The number of aryl methyl sites for hydroxylation is 1. The Bertz CT molecular complexity index is 1400. The van der Waals surface area contributed by atoms with Crippen molar-refractivity contribution < 1.29 is 9.59 Å². The van der Waals surface area contributed by atoms with Crippen molar-refractivity contribution >= 4 is 40.2 Å². The molecule has 34 heavy (non-hydrogen) atoms. The van der Waals surface area contributed by atoms with Gasteiger partial charge in [-0.1, -0.05) is 42.0 Å². The molecule has 7 nitrogen and oxygen atoms in total. The van der Waals surface area contributed by atoms with Crippen molar-refractivity contribution in [3.8, 4) is 0 Å². The molecule has 0 bridgehead atoms. The molecule has 0 saturated heterocycles. The van der Waals surface area contributed by atoms with Gasteiger partial charge in [0.15, 0.2) is 0 Å². The summed E-state index contributed by atoms with van der Waals surface area (Å²) in [5, 5.41) is 3.37. The number of H-pyrrole nitrogens is 1. The van der Waals surface area contributed by atoms with E-state index in [0.29, 0.717) is 27.2 Å². The SMILES string of the molecule is Cc1ccc(NC(=O)CSc2ccccc2C(=O)N(C)Cc2nc3ccccc3c(=O)[nH]2)cc1. The summed E-state index contributed by atoms with van der Waals surface area (Å²) >= 11 is 1.30. The lowest BCUT2D eigenvalue weighted by molar-refractivity contribution is -0.113. The molecule has 0 radical (unpaired) electrons. The van der Waals surface area contributed by atoms with Gasteiger partial charge in [-0.05, 0) is 43.3 Å². The molecule has 1 aromatic heterocycles. The molecule has 0 spiro atoms. The van der Waals surface area contributed by atoms with Crippen molar-refractivity contribution in [1.29, 1.82) is 0 Å². The van der Waals surface area contributed by atoms with E-state index in [4.69, 9.17) is 0 Å². The van der Waals surface area contributed by atoms with Crippen LogP contribution in [0.5, 0.6) is 0 Å². The van der Waals surface area contributed by atoms with E-state index in [1.165, 1.54) is 16.7 Å². The van der Waals surface area contributed by atoms with Crippen LogP contribution in [0.4, 0.5) is 5.69 Å². The number of benzene rings is 3. The molecule has 0 saturated carbocycles. The number of fused-ring (bicyclic) bond motifs is 1. The zero-order valence-corrected chi connectivity index (χ0v) is 19.7. The van der Waals surface area contributed by atoms with Gasteiger partial charge < -0.3 is 15.2 Å². The Labute approximate surface area is 201 Å². The van der Waals surface area contributed by atoms with Crippen LogP contribution in [0, 0.1) is 6.92 Å². The molecular weight excluding hydrogens is 448 g/mol. The van der Waals surface area contributed by atoms with Crippen molar-refractivity contribution in [2.45, 2.75) is 18.4 Å². The molecule has 8 heteroatoms. The molecular formula is C26H24N4O3S. The van der Waals surface area contributed by atoms with Gasteiger partial charge in [0.1, 0.15) is 5.82 Å². The standard InChI is InChI=1S/C26H24N4O3S/c1-17-11-13-18(14-12-17)27-24(31)16-34-22-10-6-4-8-20(22)26(33)30(2)15-23-28-21-9-5-3-7-19(21)25(32)29-23/h3-14H,15-16H2,1-2H3,(H,27,31)(H,28,29,32). The lowest BCUT2D eigenvalue weighted by Crippen LogP contribution is -2.28. The Hall–Kier alpha value is -3.91. The summed E-state index contributed by atoms with van der Waals surface area (Å²) in [5.41, 5.74) is 2.68. The van der Waals surface area contributed by atoms with Crippen LogP contribution in [0.3, 0.4) is 0 Å². The number of aromatic nitrogens is 2. The fourth-order valence-corrected chi connectivity index (χ4v) is 4.30. The number of carbonyl (C=O) groups excluding carboxylic acids is 2. The number of rotatable bonds is 7. The Morgan fingerprint density at radius 2 is 1.71 bits per heavy atom. The minimum Gasteiger partial charge on any atom is -0.334 e. The highest BCUT2D eigenvalue weighted by Crippen LogP contribution is 2.24. The number of nitrogens with zero attached hydrogens (tertiary/aromatic N) is 2. The van der Waals surface area contributed by atoms with E-state index in [1.807, 2.05) is 49.4 Å². The number of anilines is 1. The summed E-state index contributed by atoms with van der Waals surface area (Å²) < 4.78 is 0. The number of para-hydroxylation sites is 1. The minimum atomic E-state index is -0.239. The monoisotopic (exact) mass is 472 g/mol. The number of hydrogen-bond donors (Lipinski definition) is 2. The first kappa shape index (κ1) is 23.3. The van der Waals surface area contributed by atoms with Crippen molar-refractivity contribution in [2.75, 3.05) is 18.1 Å². The summed E-state index contributed by atoms with van der Waals surface area (Å²) in [6.07, 6.45) is 0. The van der Waals surface area contributed by atoms with Gasteiger partial charge in [-0.2, -0.15) is 0 Å². The second kappa shape index (κ2) is 10.4. The third-order valence-electron chi connectivity index (χ3n) is 5.21. The average Bonchev–Trinajstić information content (AvgIpc) is 2.84. The number of hydrogen-bond acceptors (Lipinski definition) is 5. The Morgan fingerprint density at radius 1 is 1.00 bits per heavy atom. The Kier molecular flexibility index (Phi) is 7.08. The zero-order valence-electron chi connectivity index (χ0n) is 18.9. The quantitative estimate of drug-likeness (QED) is 0.393. The molecule has 2 amide bonds. The molecule has 4 aromatic rings. The van der Waals surface area contributed by atoms with E-state index in [1.54, 1.807) is 37.4 Å². The predicted molar refractivity (Wildman–Crippen MR) is 135 cm³/mol. The van der Waals surface area contributed by atoms with Crippen LogP contribution in [0.2, 0.25) is 0 Å². The van der Waals surface area contributed by atoms with Gasteiger partial charge in [-0.3, -0.25) is 14.4 Å². The molecule has 3 aromatic carbocycles. The molecule has 172 valence electrons. The number of carbonyl (C=O) groups is 2. The number of aromatic amines is 1. The fourth-order valence-electron chi connectivity index (χ4n) is 3.46. The highest BCUT2D eigenvalue weighted by Gasteiger charge is 2.18. The van der Waals surface area contributed by atoms with Gasteiger partial charge in [0.2, 0.25) is 5.91 Å². The molecule has 0 aliphatic carbocycles. The van der Waals surface area contributed by atoms with E-state index >= 15 is 0 Å². The normalized spacial score (nSPS) is 10.8. The van der Waals surface area contributed by atoms with Crippen molar-refractivity contribution in [2.24, 2.45) is 0 Å². The average molecular weight is 473 g/mol. The summed E-state index contributed by atoms with van der Waals surface area (Å²) in [5.74, 6) is 0.198. The van der Waals surface area contributed by atoms with E-state index < -0.39 is 0 Å². The number of nitrogens with one attached hydrogen (secondary N) is 2. The minimum absolute atomic E-state index is 0.145. The first-order chi connectivity index (χ1) is 16.4. The lowest BCUT2D eigenvalue weighted by Gasteiger charge is -2.18. The maximum absolute atomic E-state index is 13.2. The first-order valence-corrected chi connectivity index (χ1v) is 11.7. The largest absolute Gasteiger partial charge is 0.334 e. The summed E-state index contributed by atoms with van der Waals surface area (Å²) in [4.78, 5) is 47.3. The third kappa shape index (κ3) is 5.52. The smallest absolute Gasteiger partial charge is 0.258 e. The summed E-state index contributed by atoms with van der Waals surface area (Å²) in [7, 11) is 1.66. The van der Waals surface area contributed by atoms with Gasteiger partial charge in [0.05, 0.1) is 28.8 Å². The van der Waals surface area contributed by atoms with Gasteiger partial charge >= 0.3 is 0 Å². The van der Waals surface area contributed by atoms with Crippen molar-refractivity contribution in [3.63, 3.8) is 0 Å². The molecule has 0 aliphatic rings. The first-order valence-electron chi connectivity index (χ1n) is 10.7. The molecule has 1 heterocycles. The highest BCUT2D eigenvalue weighted by atomic mass is 32.2. The van der Waals surface area contributed by atoms with Crippen LogP contribution in [0.15, 0.2) is 82.5 Å². The van der Waals surface area contributed by atoms with Crippen molar-refractivity contribution in [1.82, 2.24) is 14.9 Å². The van der Waals surface area contributed by atoms with Gasteiger partial charge in [-0.25, -0.2) is 4.98 Å². The Balaban J connectivity index is 1.44. The van der Waals surface area contributed by atoms with Crippen LogP contribution < -0.4 is 10.9 Å². The molecule has 0 atom stereocenters. The number of thioether (sulfide) groups is 1. The van der Waals surface area contributed by atoms with E-state index in [9.17, 15) is 14.4 Å². The topological polar surface area (TPSA) is 95.2 Å². The van der Waals surface area contributed by atoms with Crippen LogP contribution >= 0.6 is 11.8 Å². The second-order valence-electron chi connectivity index (χ2n) is 7.89. The maximum atomic E-state index is 13.2. The van der Waals surface area contributed by atoms with Crippen LogP contribution in [-0.2, 0) is 11.3 Å². The van der Waals surface area contributed by atoms with E-state index in [0.717, 1.165) is 11.3 Å². The molecule has 0 fully saturated rings. The molecule has 2 N–H and O–H groups in total. The third-order valence-corrected chi connectivity index (χ3v) is 6.28. The zero-order chi connectivity index (χ0) is 24.1. The van der Waals surface area contributed by atoms with Crippen LogP contribution in [0.25, 0.3) is 10.9 Å². The summed E-state index contributed by atoms with van der Waals surface area (Å²) in [6, 6.07) is 21.8. The van der Waals surface area contributed by atoms with Gasteiger partial charge in [0.25, 0.3) is 11.5 Å². The van der Waals surface area contributed by atoms with Crippen LogP contribution in [-0.4, -0.2) is 39.5 Å². The highest BCUT2D eigenvalue weighted by molar-refractivity contribution is 8.00. The number of amides is 2. The fraction of sp³-hybridized carbons (Fsp3) is 0.154. The predicted octanol–water partition coefficient (Wildman–Crippen LogP) is 4.23. The Morgan fingerprint density at radius 3 is 2.50 bits per heavy atom. The van der Waals surface area contributed by atoms with Gasteiger partial charge in [0, 0.05) is 17.6 Å². The lowest BCUT2D eigenvalue weighted by atomic mass is 10.2. The second-order valence-corrected chi connectivity index (χ2v) is 8.91. The van der Waals surface area contributed by atoms with Crippen molar-refractivity contribution in [3.05, 3.63) is 100 Å². The molecule has 0 unspecified atom stereocenters. The van der Waals surface area contributed by atoms with Crippen LogP contribution in [0.1, 0.15) is 21.7 Å².